The fourth-order valence-electron chi connectivity index (χ4n) is 2.93. The van der Waals surface area contributed by atoms with E-state index in [9.17, 15) is 14.7 Å². The highest BCUT2D eigenvalue weighted by atomic mass is 35.5. The van der Waals surface area contributed by atoms with Gasteiger partial charge in [-0.15, -0.1) is 0 Å². The molecule has 3 N–H and O–H groups in total. The average Bonchev–Trinajstić information content (AvgIpc) is 3.07. The maximum absolute atomic E-state index is 11.5. The van der Waals surface area contributed by atoms with E-state index in [1.165, 1.54) is 0 Å². The zero-order valence-electron chi connectivity index (χ0n) is 16.8. The molecule has 7 nitrogen and oxygen atoms in total. The van der Waals surface area contributed by atoms with Crippen molar-refractivity contribution < 1.29 is 24.2 Å². The van der Waals surface area contributed by atoms with Gasteiger partial charge in [-0.3, -0.25) is 10.1 Å². The smallest absolute Gasteiger partial charge is 0.326 e. The number of urea groups is 1. The van der Waals surface area contributed by atoms with Crippen molar-refractivity contribution >= 4 is 41.2 Å². The first kappa shape index (κ1) is 22.9. The summed E-state index contributed by atoms with van der Waals surface area (Å²) in [5.74, 6) is 0.663. The van der Waals surface area contributed by atoms with Crippen molar-refractivity contribution in [2.45, 2.75) is 25.9 Å². The maximum Gasteiger partial charge on any atom is 0.326 e. The van der Waals surface area contributed by atoms with E-state index in [0.717, 1.165) is 18.4 Å². The molecule has 1 heterocycles. The molecule has 0 saturated carbocycles. The number of amides is 3. The first-order chi connectivity index (χ1) is 14.9. The summed E-state index contributed by atoms with van der Waals surface area (Å²) in [5.41, 5.74) is 1.71. The number of imide groups is 1. The molecule has 1 aliphatic rings. The van der Waals surface area contributed by atoms with E-state index < -0.39 is 18.0 Å². The van der Waals surface area contributed by atoms with Gasteiger partial charge in [0.2, 0.25) is 0 Å². The molecule has 0 aromatic heterocycles. The number of carbonyl (C=O) groups is 2. The van der Waals surface area contributed by atoms with Gasteiger partial charge in [0.1, 0.15) is 36.5 Å². The Hall–Kier alpha value is -2.74. The summed E-state index contributed by atoms with van der Waals surface area (Å²) in [6, 6.07) is 9.73. The fraction of sp³-hybridized carbons (Fsp3) is 0.273. The van der Waals surface area contributed by atoms with Crippen molar-refractivity contribution in [3.63, 3.8) is 0 Å². The number of benzene rings is 2. The highest BCUT2D eigenvalue weighted by Crippen LogP contribution is 2.34. The Labute approximate surface area is 189 Å². The van der Waals surface area contributed by atoms with E-state index >= 15 is 0 Å². The molecule has 0 aliphatic carbocycles. The Bertz CT molecular complexity index is 992. The summed E-state index contributed by atoms with van der Waals surface area (Å²) in [5, 5.41) is 15.7. The molecule has 3 rings (SSSR count). The predicted molar refractivity (Wildman–Crippen MR) is 119 cm³/mol. The van der Waals surface area contributed by atoms with Crippen LogP contribution in [0.2, 0.25) is 10.0 Å². The SMILES string of the molecule is CCCc1c(OCC(O)COc2ccc(/C=C3\NC(=O)NC3=O)cc2)ccc(Cl)c1Cl. The number of halogens is 2. The van der Waals surface area contributed by atoms with E-state index in [0.29, 0.717) is 27.1 Å². The van der Waals surface area contributed by atoms with E-state index in [2.05, 4.69) is 10.6 Å². The number of hydrogen-bond acceptors (Lipinski definition) is 5. The van der Waals surface area contributed by atoms with Gasteiger partial charge in [0.15, 0.2) is 0 Å². The van der Waals surface area contributed by atoms with E-state index in [1.54, 1.807) is 42.5 Å². The van der Waals surface area contributed by atoms with Gasteiger partial charge in [0, 0.05) is 5.56 Å². The molecule has 1 unspecified atom stereocenters. The second kappa shape index (κ2) is 10.5. The molecule has 3 amide bonds. The number of hydrogen-bond donors (Lipinski definition) is 3. The van der Waals surface area contributed by atoms with Crippen LogP contribution in [0.1, 0.15) is 24.5 Å². The summed E-state index contributed by atoms with van der Waals surface area (Å²) < 4.78 is 11.3. The minimum absolute atomic E-state index is 0.0311. The Balaban J connectivity index is 1.52. The predicted octanol–water partition coefficient (Wildman–Crippen LogP) is 3.94. The molecular weight excluding hydrogens is 443 g/mol. The quantitative estimate of drug-likeness (QED) is 0.385. The minimum atomic E-state index is -0.858. The number of carbonyl (C=O) groups excluding carboxylic acids is 2. The van der Waals surface area contributed by atoms with Gasteiger partial charge in [-0.2, -0.15) is 0 Å². The van der Waals surface area contributed by atoms with Crippen molar-refractivity contribution in [3.05, 3.63) is 63.3 Å². The Kier molecular flexibility index (Phi) is 7.79. The number of aliphatic hydroxyl groups excluding tert-OH is 1. The van der Waals surface area contributed by atoms with Crippen LogP contribution in [0.25, 0.3) is 6.08 Å². The summed E-state index contributed by atoms with van der Waals surface area (Å²) >= 11 is 12.3. The van der Waals surface area contributed by atoms with Gasteiger partial charge < -0.3 is 19.9 Å². The molecule has 0 radical (unpaired) electrons. The lowest BCUT2D eigenvalue weighted by Gasteiger charge is -2.17. The van der Waals surface area contributed by atoms with Crippen molar-refractivity contribution in [1.82, 2.24) is 10.6 Å². The molecular formula is C22H22Cl2N2O5. The molecule has 31 heavy (non-hydrogen) atoms. The van der Waals surface area contributed by atoms with Crippen LogP contribution in [0.15, 0.2) is 42.1 Å². The molecule has 0 bridgehead atoms. The Morgan fingerprint density at radius 1 is 1.03 bits per heavy atom. The molecule has 0 spiro atoms. The third-order valence-corrected chi connectivity index (χ3v) is 5.28. The Morgan fingerprint density at radius 2 is 1.74 bits per heavy atom. The second-order valence-corrected chi connectivity index (χ2v) is 7.68. The van der Waals surface area contributed by atoms with E-state index in [-0.39, 0.29) is 18.9 Å². The van der Waals surface area contributed by atoms with Crippen LogP contribution >= 0.6 is 23.2 Å². The van der Waals surface area contributed by atoms with Crippen LogP contribution in [0.3, 0.4) is 0 Å². The van der Waals surface area contributed by atoms with Gasteiger partial charge in [-0.05, 0) is 42.3 Å². The van der Waals surface area contributed by atoms with Crippen LogP contribution in [0, 0.1) is 0 Å². The van der Waals surface area contributed by atoms with Gasteiger partial charge in [0.05, 0.1) is 10.0 Å². The topological polar surface area (TPSA) is 96.9 Å². The maximum atomic E-state index is 11.5. The molecule has 2 aromatic carbocycles. The van der Waals surface area contributed by atoms with Crippen molar-refractivity contribution in [2.75, 3.05) is 13.2 Å². The monoisotopic (exact) mass is 464 g/mol. The summed E-state index contributed by atoms with van der Waals surface area (Å²) in [6.07, 6.45) is 2.29. The first-order valence-corrected chi connectivity index (χ1v) is 10.5. The fourth-order valence-corrected chi connectivity index (χ4v) is 3.36. The van der Waals surface area contributed by atoms with Gasteiger partial charge in [0.25, 0.3) is 5.91 Å². The number of nitrogens with one attached hydrogen (secondary N) is 2. The van der Waals surface area contributed by atoms with Gasteiger partial charge >= 0.3 is 6.03 Å². The molecule has 1 atom stereocenters. The second-order valence-electron chi connectivity index (χ2n) is 6.90. The highest BCUT2D eigenvalue weighted by Gasteiger charge is 2.22. The van der Waals surface area contributed by atoms with E-state index in [1.807, 2.05) is 6.92 Å². The van der Waals surface area contributed by atoms with Crippen LogP contribution in [0.5, 0.6) is 11.5 Å². The van der Waals surface area contributed by atoms with Crippen LogP contribution in [-0.2, 0) is 11.2 Å². The average molecular weight is 465 g/mol. The zero-order chi connectivity index (χ0) is 22.4. The van der Waals surface area contributed by atoms with Gasteiger partial charge in [-0.25, -0.2) is 4.79 Å². The van der Waals surface area contributed by atoms with Crippen LogP contribution in [0.4, 0.5) is 4.79 Å². The van der Waals surface area contributed by atoms with E-state index in [4.69, 9.17) is 32.7 Å². The largest absolute Gasteiger partial charge is 0.491 e. The van der Waals surface area contributed by atoms with Crippen LogP contribution < -0.4 is 20.1 Å². The summed E-state index contributed by atoms with van der Waals surface area (Å²) in [6.45, 7) is 2.10. The Morgan fingerprint density at radius 3 is 2.39 bits per heavy atom. The normalized spacial score (nSPS) is 15.5. The standard InChI is InChI=1S/C22H22Cl2N2O5/c1-2-3-16-19(9-8-17(23)20(16)24)31-12-14(27)11-30-15-6-4-13(5-7-15)10-18-21(28)26-22(29)25-18/h4-10,14,27H,2-3,11-12H2,1H3,(H2,25,26,28,29)/b18-10-. The molecule has 1 fully saturated rings. The third kappa shape index (κ3) is 6.13. The molecule has 1 aliphatic heterocycles. The molecule has 9 heteroatoms. The zero-order valence-corrected chi connectivity index (χ0v) is 18.3. The number of rotatable bonds is 9. The molecule has 2 aromatic rings. The first-order valence-electron chi connectivity index (χ1n) is 9.72. The minimum Gasteiger partial charge on any atom is -0.491 e. The lowest BCUT2D eigenvalue weighted by Crippen LogP contribution is -2.25. The highest BCUT2D eigenvalue weighted by molar-refractivity contribution is 6.42. The number of ether oxygens (including phenoxy) is 2. The number of aliphatic hydroxyl groups is 1. The van der Waals surface area contributed by atoms with Crippen molar-refractivity contribution in [1.29, 1.82) is 0 Å². The molecule has 164 valence electrons. The lowest BCUT2D eigenvalue weighted by atomic mass is 10.1. The third-order valence-electron chi connectivity index (χ3n) is 4.44. The lowest BCUT2D eigenvalue weighted by molar-refractivity contribution is -0.115. The molecule has 1 saturated heterocycles. The van der Waals surface area contributed by atoms with Crippen molar-refractivity contribution in [3.8, 4) is 11.5 Å². The van der Waals surface area contributed by atoms with Gasteiger partial charge in [-0.1, -0.05) is 48.7 Å². The van der Waals surface area contributed by atoms with Crippen LogP contribution in [-0.4, -0.2) is 36.4 Å². The summed E-state index contributed by atoms with van der Waals surface area (Å²) in [4.78, 5) is 22.7. The summed E-state index contributed by atoms with van der Waals surface area (Å²) in [7, 11) is 0. The van der Waals surface area contributed by atoms with Crippen molar-refractivity contribution in [2.24, 2.45) is 0 Å².